The van der Waals surface area contributed by atoms with Crippen LogP contribution >= 0.6 is 0 Å². The van der Waals surface area contributed by atoms with Crippen LogP contribution in [-0.4, -0.2) is 68.5 Å². The normalized spacial score (nSPS) is 29.2. The molecular weight excluding hydrogens is 437 g/mol. The van der Waals surface area contributed by atoms with Crippen molar-refractivity contribution in [2.75, 3.05) is 14.1 Å². The quantitative estimate of drug-likeness (QED) is 0.324. The van der Waals surface area contributed by atoms with Gasteiger partial charge in [-0.3, -0.25) is 19.3 Å². The first-order chi connectivity index (χ1) is 15.4. The molecule has 1 saturated carbocycles. The lowest BCUT2D eigenvalue weighted by atomic mass is 9.57. The summed E-state index contributed by atoms with van der Waals surface area (Å²) in [5.41, 5.74) is 7.37. The molecule has 1 aromatic carbocycles. The number of fused-ring (bicyclic) bond motifs is 3. The number of aliphatic hydroxyl groups excluding tert-OH is 2. The number of Topliss-reactive ketones (excluding diaryl/α,β-unsaturated/α-hetero) is 2. The first kappa shape index (κ1) is 22.9. The van der Waals surface area contributed by atoms with Crippen molar-refractivity contribution in [1.82, 2.24) is 4.90 Å². The van der Waals surface area contributed by atoms with E-state index in [1.165, 1.54) is 19.0 Å². The van der Waals surface area contributed by atoms with Gasteiger partial charge in [-0.1, -0.05) is 0 Å². The number of benzene rings is 1. The zero-order valence-corrected chi connectivity index (χ0v) is 17.9. The molecule has 4 unspecified atom stereocenters. The maximum Gasteiger partial charge on any atom is 0.255 e. The molecular formula is C22H24FN3O7. The number of carbonyl (C=O) groups is 3. The molecule has 0 aromatic heterocycles. The van der Waals surface area contributed by atoms with Gasteiger partial charge in [-0.25, -0.2) is 4.39 Å². The maximum absolute atomic E-state index is 14.3. The Labute approximate surface area is 187 Å². The van der Waals surface area contributed by atoms with Gasteiger partial charge in [-0.05, 0) is 50.0 Å². The van der Waals surface area contributed by atoms with Gasteiger partial charge >= 0.3 is 0 Å². The molecule has 0 aliphatic heterocycles. The second-order valence-corrected chi connectivity index (χ2v) is 8.89. The van der Waals surface area contributed by atoms with E-state index in [1.807, 2.05) is 0 Å². The highest BCUT2D eigenvalue weighted by atomic mass is 19.1. The van der Waals surface area contributed by atoms with E-state index in [1.54, 1.807) is 0 Å². The van der Waals surface area contributed by atoms with Crippen LogP contribution in [0.25, 0.3) is 5.76 Å². The van der Waals surface area contributed by atoms with Gasteiger partial charge in [-0.2, -0.15) is 0 Å². The highest BCUT2D eigenvalue weighted by molar-refractivity contribution is 6.24. The van der Waals surface area contributed by atoms with Gasteiger partial charge in [0.25, 0.3) is 5.91 Å². The van der Waals surface area contributed by atoms with Crippen molar-refractivity contribution in [3.63, 3.8) is 0 Å². The van der Waals surface area contributed by atoms with Crippen molar-refractivity contribution in [2.45, 2.75) is 31.0 Å². The number of hydrogen-bond acceptors (Lipinski definition) is 9. The van der Waals surface area contributed by atoms with Crippen molar-refractivity contribution in [1.29, 1.82) is 0 Å². The summed E-state index contributed by atoms with van der Waals surface area (Å²) >= 11 is 0. The number of aromatic hydroxyl groups is 1. The standard InChI is InChI=1S/C22H24FN3O7/c1-26(2)15-10-4-7-3-9-8(6-24)5-11(23)16(27)13(9)17(28)12(7)19(30)22(10,33)20(31)14(18(15)29)21(25)32/h5,7,10,15,27-28,31,33H,3-4,6,24H2,1-2H3,(H2,25,32). The van der Waals surface area contributed by atoms with Crippen LogP contribution in [0.4, 0.5) is 4.39 Å². The van der Waals surface area contributed by atoms with Crippen molar-refractivity contribution >= 4 is 23.2 Å². The molecule has 11 heteroatoms. The first-order valence-corrected chi connectivity index (χ1v) is 10.3. The van der Waals surface area contributed by atoms with Gasteiger partial charge in [0.15, 0.2) is 23.0 Å². The third-order valence-electron chi connectivity index (χ3n) is 6.99. The van der Waals surface area contributed by atoms with E-state index >= 15 is 0 Å². The molecule has 1 fully saturated rings. The Balaban J connectivity index is 2.00. The van der Waals surface area contributed by atoms with Crippen LogP contribution in [0.3, 0.4) is 0 Å². The summed E-state index contributed by atoms with van der Waals surface area (Å²) in [6, 6.07) is -0.119. The molecule has 3 aliphatic carbocycles. The minimum absolute atomic E-state index is 0.0477. The van der Waals surface area contributed by atoms with Crippen LogP contribution < -0.4 is 11.5 Å². The predicted octanol–water partition coefficient (Wildman–Crippen LogP) is -0.438. The fraction of sp³-hybridized carbons (Fsp3) is 0.409. The lowest BCUT2D eigenvalue weighted by Gasteiger charge is -2.50. The Morgan fingerprint density at radius 1 is 1.27 bits per heavy atom. The number of phenolic OH excluding ortho intramolecular Hbond substituents is 1. The van der Waals surface area contributed by atoms with Gasteiger partial charge in [0.1, 0.15) is 17.1 Å². The monoisotopic (exact) mass is 461 g/mol. The maximum atomic E-state index is 14.3. The van der Waals surface area contributed by atoms with Crippen LogP contribution in [0.15, 0.2) is 23.0 Å². The topological polar surface area (TPSA) is 187 Å². The van der Waals surface area contributed by atoms with Crippen molar-refractivity contribution in [3.8, 4) is 5.75 Å². The summed E-state index contributed by atoms with van der Waals surface area (Å²) in [5.74, 6) is -9.06. The lowest BCUT2D eigenvalue weighted by Crippen LogP contribution is -2.65. The Kier molecular flexibility index (Phi) is 5.11. The largest absolute Gasteiger partial charge is 0.508 e. The summed E-state index contributed by atoms with van der Waals surface area (Å²) < 4.78 is 14.3. The molecule has 176 valence electrons. The molecule has 1 aromatic rings. The van der Waals surface area contributed by atoms with Gasteiger partial charge in [-0.15, -0.1) is 0 Å². The fourth-order valence-electron chi connectivity index (χ4n) is 5.53. The zero-order chi connectivity index (χ0) is 24.6. The third-order valence-corrected chi connectivity index (χ3v) is 6.99. The Morgan fingerprint density at radius 3 is 2.45 bits per heavy atom. The Bertz CT molecular complexity index is 1190. The van der Waals surface area contributed by atoms with Gasteiger partial charge in [0.2, 0.25) is 5.78 Å². The summed E-state index contributed by atoms with van der Waals surface area (Å²) in [5, 5.41) is 43.4. The molecule has 0 saturated heterocycles. The molecule has 4 rings (SSSR count). The zero-order valence-electron chi connectivity index (χ0n) is 17.9. The third kappa shape index (κ3) is 2.86. The van der Waals surface area contributed by atoms with Crippen LogP contribution in [0.1, 0.15) is 23.1 Å². The molecule has 4 atom stereocenters. The Morgan fingerprint density at radius 2 is 1.91 bits per heavy atom. The number of nitrogens with zero attached hydrogens (tertiary/aromatic N) is 1. The number of nitrogens with two attached hydrogens (primary N) is 2. The van der Waals surface area contributed by atoms with E-state index in [9.17, 15) is 39.2 Å². The molecule has 10 nitrogen and oxygen atoms in total. The molecule has 0 spiro atoms. The van der Waals surface area contributed by atoms with E-state index < -0.39 is 69.6 Å². The Hall–Kier alpha value is -3.28. The van der Waals surface area contributed by atoms with Gasteiger partial charge in [0, 0.05) is 18.0 Å². The number of ketones is 2. The number of halogens is 1. The van der Waals surface area contributed by atoms with E-state index in [-0.39, 0.29) is 30.5 Å². The SMILES string of the molecule is CN(C)C1C(=O)C(C(N)=O)=C(O)C2(O)C(=O)C3=C(O)c4c(O)c(F)cc(CN)c4CC3CC12. The molecule has 1 amide bonds. The minimum atomic E-state index is -2.73. The number of rotatable bonds is 3. The van der Waals surface area contributed by atoms with E-state index in [2.05, 4.69) is 0 Å². The van der Waals surface area contributed by atoms with Crippen LogP contribution in [0, 0.1) is 17.7 Å². The lowest BCUT2D eigenvalue weighted by molar-refractivity contribution is -0.153. The smallest absolute Gasteiger partial charge is 0.255 e. The second-order valence-electron chi connectivity index (χ2n) is 8.89. The number of hydrogen-bond donors (Lipinski definition) is 6. The average molecular weight is 461 g/mol. The summed E-state index contributed by atoms with van der Waals surface area (Å²) in [6.45, 7) is -0.0967. The fourth-order valence-corrected chi connectivity index (χ4v) is 5.53. The summed E-state index contributed by atoms with van der Waals surface area (Å²) in [4.78, 5) is 39.9. The summed E-state index contributed by atoms with van der Waals surface area (Å²) in [6.07, 6.45) is 0.0167. The highest BCUT2D eigenvalue weighted by Gasteiger charge is 2.64. The number of aliphatic hydroxyl groups is 3. The van der Waals surface area contributed by atoms with Crippen LogP contribution in [-0.2, 0) is 27.3 Å². The van der Waals surface area contributed by atoms with Crippen molar-refractivity contribution in [2.24, 2.45) is 23.3 Å². The molecule has 3 aliphatic rings. The minimum Gasteiger partial charge on any atom is -0.508 e. The number of phenols is 1. The number of amides is 1. The molecule has 0 radical (unpaired) electrons. The van der Waals surface area contributed by atoms with Crippen molar-refractivity contribution < 1.29 is 39.2 Å². The number of likely N-dealkylation sites (N-methyl/N-ethyl adjacent to an activating group) is 1. The highest BCUT2D eigenvalue weighted by Crippen LogP contribution is 2.53. The molecule has 0 heterocycles. The van der Waals surface area contributed by atoms with Crippen LogP contribution in [0.2, 0.25) is 0 Å². The average Bonchev–Trinajstić information content (AvgIpc) is 2.72. The van der Waals surface area contributed by atoms with Gasteiger partial charge < -0.3 is 31.9 Å². The van der Waals surface area contributed by atoms with E-state index in [0.717, 1.165) is 6.07 Å². The molecule has 0 bridgehead atoms. The van der Waals surface area contributed by atoms with E-state index in [0.29, 0.717) is 11.1 Å². The summed E-state index contributed by atoms with van der Waals surface area (Å²) in [7, 11) is 3.03. The first-order valence-electron chi connectivity index (χ1n) is 10.3. The van der Waals surface area contributed by atoms with Crippen LogP contribution in [0.5, 0.6) is 5.75 Å². The second kappa shape index (κ2) is 7.37. The number of primary amides is 1. The van der Waals surface area contributed by atoms with E-state index in [4.69, 9.17) is 11.5 Å². The molecule has 8 N–H and O–H groups in total. The number of carbonyl (C=O) groups excluding carboxylic acids is 3. The predicted molar refractivity (Wildman–Crippen MR) is 112 cm³/mol. The van der Waals surface area contributed by atoms with Crippen molar-refractivity contribution in [3.05, 3.63) is 45.5 Å². The molecule has 33 heavy (non-hydrogen) atoms. The van der Waals surface area contributed by atoms with Gasteiger partial charge in [0.05, 0.1) is 11.6 Å².